The summed E-state index contributed by atoms with van der Waals surface area (Å²) in [4.78, 5) is 20.1. The van der Waals surface area contributed by atoms with Crippen LogP contribution in [-0.2, 0) is 6.42 Å². The van der Waals surface area contributed by atoms with Crippen molar-refractivity contribution in [3.63, 3.8) is 0 Å². The SMILES string of the molecule is CCc1cc(NC(=O)c2ccco2)nc(C)n1. The Kier molecular flexibility index (Phi) is 3.18. The van der Waals surface area contributed by atoms with Crippen LogP contribution in [0.1, 0.15) is 29.0 Å². The molecule has 0 aliphatic carbocycles. The van der Waals surface area contributed by atoms with Crippen LogP contribution in [0.15, 0.2) is 28.9 Å². The maximum atomic E-state index is 11.7. The minimum atomic E-state index is -0.310. The zero-order valence-electron chi connectivity index (χ0n) is 9.73. The summed E-state index contributed by atoms with van der Waals surface area (Å²) in [5.74, 6) is 1.09. The number of furan rings is 1. The van der Waals surface area contributed by atoms with Crippen LogP contribution in [0.25, 0.3) is 0 Å². The predicted octanol–water partition coefficient (Wildman–Crippen LogP) is 2.19. The van der Waals surface area contributed by atoms with Crippen LogP contribution < -0.4 is 5.32 Å². The number of anilines is 1. The second kappa shape index (κ2) is 4.78. The Morgan fingerprint density at radius 2 is 2.29 bits per heavy atom. The maximum absolute atomic E-state index is 11.7. The van der Waals surface area contributed by atoms with Gasteiger partial charge in [0.1, 0.15) is 11.6 Å². The second-order valence-corrected chi connectivity index (χ2v) is 3.58. The molecule has 2 aromatic heterocycles. The fraction of sp³-hybridized carbons (Fsp3) is 0.250. The van der Waals surface area contributed by atoms with Gasteiger partial charge in [-0.2, -0.15) is 0 Å². The number of nitrogens with zero attached hydrogens (tertiary/aromatic N) is 2. The van der Waals surface area contributed by atoms with Crippen molar-refractivity contribution in [2.24, 2.45) is 0 Å². The van der Waals surface area contributed by atoms with E-state index in [1.807, 2.05) is 6.92 Å². The van der Waals surface area contributed by atoms with E-state index in [1.165, 1.54) is 6.26 Å². The molecule has 0 radical (unpaired) electrons. The fourth-order valence-electron chi connectivity index (χ4n) is 1.46. The Morgan fingerprint density at radius 1 is 1.47 bits per heavy atom. The quantitative estimate of drug-likeness (QED) is 0.879. The van der Waals surface area contributed by atoms with E-state index in [-0.39, 0.29) is 11.7 Å². The molecule has 0 aromatic carbocycles. The molecule has 0 saturated carbocycles. The molecule has 0 bridgehead atoms. The largest absolute Gasteiger partial charge is 0.459 e. The lowest BCUT2D eigenvalue weighted by Gasteiger charge is -2.05. The van der Waals surface area contributed by atoms with E-state index in [1.54, 1.807) is 25.1 Å². The topological polar surface area (TPSA) is 68.0 Å². The average molecular weight is 231 g/mol. The van der Waals surface area contributed by atoms with Gasteiger partial charge in [-0.25, -0.2) is 9.97 Å². The van der Waals surface area contributed by atoms with Crippen LogP contribution in [0.2, 0.25) is 0 Å². The molecule has 5 nitrogen and oxygen atoms in total. The molecule has 1 N–H and O–H groups in total. The Bertz CT molecular complexity index is 521. The first kappa shape index (κ1) is 11.3. The lowest BCUT2D eigenvalue weighted by atomic mass is 10.3. The summed E-state index contributed by atoms with van der Waals surface area (Å²) in [5.41, 5.74) is 0.896. The van der Waals surface area contributed by atoms with Gasteiger partial charge in [-0.1, -0.05) is 6.92 Å². The van der Waals surface area contributed by atoms with Crippen LogP contribution in [0.5, 0.6) is 0 Å². The molecule has 2 heterocycles. The van der Waals surface area contributed by atoms with Gasteiger partial charge < -0.3 is 9.73 Å². The number of carbonyl (C=O) groups is 1. The van der Waals surface area contributed by atoms with E-state index in [0.717, 1.165) is 12.1 Å². The summed E-state index contributed by atoms with van der Waals surface area (Å²) in [6.45, 7) is 3.79. The van der Waals surface area contributed by atoms with Crippen molar-refractivity contribution in [1.82, 2.24) is 9.97 Å². The van der Waals surface area contributed by atoms with Gasteiger partial charge in [0.05, 0.1) is 6.26 Å². The van der Waals surface area contributed by atoms with Crippen molar-refractivity contribution in [3.05, 3.63) is 41.7 Å². The molecule has 0 aliphatic rings. The molecular formula is C12H13N3O2. The molecule has 0 atom stereocenters. The van der Waals surface area contributed by atoms with Gasteiger partial charge in [-0.3, -0.25) is 4.79 Å². The number of rotatable bonds is 3. The van der Waals surface area contributed by atoms with Gasteiger partial charge >= 0.3 is 0 Å². The van der Waals surface area contributed by atoms with Crippen LogP contribution >= 0.6 is 0 Å². The standard InChI is InChI=1S/C12H13N3O2/c1-3-9-7-11(14-8(2)13-9)15-12(16)10-5-4-6-17-10/h4-7H,3H2,1-2H3,(H,13,14,15,16). The molecule has 0 saturated heterocycles. The zero-order valence-corrected chi connectivity index (χ0v) is 9.73. The fourth-order valence-corrected chi connectivity index (χ4v) is 1.46. The molecule has 0 aliphatic heterocycles. The van der Waals surface area contributed by atoms with Gasteiger partial charge in [-0.15, -0.1) is 0 Å². The number of aryl methyl sites for hydroxylation is 2. The molecule has 2 rings (SSSR count). The molecule has 5 heteroatoms. The van der Waals surface area contributed by atoms with E-state index in [9.17, 15) is 4.79 Å². The van der Waals surface area contributed by atoms with Crippen molar-refractivity contribution in [2.45, 2.75) is 20.3 Å². The third-order valence-electron chi connectivity index (χ3n) is 2.24. The van der Waals surface area contributed by atoms with Crippen LogP contribution in [0.4, 0.5) is 5.82 Å². The van der Waals surface area contributed by atoms with Gasteiger partial charge in [0, 0.05) is 11.8 Å². The first-order valence-corrected chi connectivity index (χ1v) is 5.38. The summed E-state index contributed by atoms with van der Waals surface area (Å²) < 4.78 is 5.00. The minimum Gasteiger partial charge on any atom is -0.459 e. The Balaban J connectivity index is 2.18. The zero-order chi connectivity index (χ0) is 12.3. The number of hydrogen-bond acceptors (Lipinski definition) is 4. The maximum Gasteiger partial charge on any atom is 0.292 e. The van der Waals surface area contributed by atoms with Gasteiger partial charge in [-0.05, 0) is 25.5 Å². The number of carbonyl (C=O) groups excluding carboxylic acids is 1. The molecular weight excluding hydrogens is 218 g/mol. The van der Waals surface area contributed by atoms with E-state index >= 15 is 0 Å². The number of hydrogen-bond donors (Lipinski definition) is 1. The van der Waals surface area contributed by atoms with Gasteiger partial charge in [0.2, 0.25) is 0 Å². The lowest BCUT2D eigenvalue weighted by Crippen LogP contribution is -2.13. The third kappa shape index (κ3) is 2.69. The number of amides is 1. The highest BCUT2D eigenvalue weighted by atomic mass is 16.3. The summed E-state index contributed by atoms with van der Waals surface area (Å²) >= 11 is 0. The number of aromatic nitrogens is 2. The number of nitrogens with one attached hydrogen (secondary N) is 1. The Hall–Kier alpha value is -2.17. The van der Waals surface area contributed by atoms with Crippen molar-refractivity contribution in [1.29, 1.82) is 0 Å². The first-order chi connectivity index (χ1) is 8.19. The van der Waals surface area contributed by atoms with Gasteiger partial charge in [0.15, 0.2) is 5.76 Å². The smallest absolute Gasteiger partial charge is 0.292 e. The second-order valence-electron chi connectivity index (χ2n) is 3.58. The lowest BCUT2D eigenvalue weighted by molar-refractivity contribution is 0.0996. The molecule has 1 amide bonds. The monoisotopic (exact) mass is 231 g/mol. The molecule has 17 heavy (non-hydrogen) atoms. The first-order valence-electron chi connectivity index (χ1n) is 5.38. The molecule has 2 aromatic rings. The molecule has 0 spiro atoms. The van der Waals surface area contributed by atoms with E-state index in [2.05, 4.69) is 15.3 Å². The van der Waals surface area contributed by atoms with Crippen LogP contribution in [0, 0.1) is 6.92 Å². The van der Waals surface area contributed by atoms with E-state index < -0.39 is 0 Å². The van der Waals surface area contributed by atoms with Crippen molar-refractivity contribution < 1.29 is 9.21 Å². The summed E-state index contributed by atoms with van der Waals surface area (Å²) in [5, 5.41) is 2.68. The van der Waals surface area contributed by atoms with Crippen molar-refractivity contribution in [3.8, 4) is 0 Å². The minimum absolute atomic E-state index is 0.263. The molecule has 88 valence electrons. The van der Waals surface area contributed by atoms with Gasteiger partial charge in [0.25, 0.3) is 5.91 Å². The average Bonchev–Trinajstić information content (AvgIpc) is 2.81. The third-order valence-corrected chi connectivity index (χ3v) is 2.24. The summed E-state index contributed by atoms with van der Waals surface area (Å²) in [6.07, 6.45) is 2.25. The molecule has 0 unspecified atom stereocenters. The summed E-state index contributed by atoms with van der Waals surface area (Å²) in [7, 11) is 0. The normalized spacial score (nSPS) is 10.2. The molecule has 0 fully saturated rings. The van der Waals surface area contributed by atoms with E-state index in [4.69, 9.17) is 4.42 Å². The van der Waals surface area contributed by atoms with E-state index in [0.29, 0.717) is 11.6 Å². The van der Waals surface area contributed by atoms with Crippen molar-refractivity contribution >= 4 is 11.7 Å². The van der Waals surface area contributed by atoms with Crippen LogP contribution in [0.3, 0.4) is 0 Å². The summed E-state index contributed by atoms with van der Waals surface area (Å²) in [6, 6.07) is 5.02. The van der Waals surface area contributed by atoms with Crippen molar-refractivity contribution in [2.75, 3.05) is 5.32 Å². The van der Waals surface area contributed by atoms with Crippen LogP contribution in [-0.4, -0.2) is 15.9 Å². The Labute approximate surface area is 98.9 Å². The predicted molar refractivity (Wildman–Crippen MR) is 62.8 cm³/mol. The highest BCUT2D eigenvalue weighted by molar-refractivity contribution is 6.01. The highest BCUT2D eigenvalue weighted by Crippen LogP contribution is 2.09. The highest BCUT2D eigenvalue weighted by Gasteiger charge is 2.10. The Morgan fingerprint density at radius 3 is 2.94 bits per heavy atom.